The van der Waals surface area contributed by atoms with E-state index < -0.39 is 5.82 Å². The van der Waals surface area contributed by atoms with E-state index in [1.54, 1.807) is 4.90 Å². The molecule has 4 rings (SSSR count). The molecule has 0 aromatic heterocycles. The van der Waals surface area contributed by atoms with Gasteiger partial charge in [-0.05, 0) is 49.6 Å². The van der Waals surface area contributed by atoms with Gasteiger partial charge in [-0.1, -0.05) is 29.8 Å². The number of hydrogen-bond acceptors (Lipinski definition) is 3. The van der Waals surface area contributed by atoms with Crippen LogP contribution in [0.5, 0.6) is 0 Å². The van der Waals surface area contributed by atoms with Gasteiger partial charge in [0.25, 0.3) is 5.91 Å². The first-order valence-corrected chi connectivity index (χ1v) is 11.3. The number of halogens is 2. The molecule has 2 heterocycles. The molecule has 0 saturated carbocycles. The fraction of sp³-hybridized carbons (Fsp3) is 0.364. The lowest BCUT2D eigenvalue weighted by molar-refractivity contribution is 0.0585. The summed E-state index contributed by atoms with van der Waals surface area (Å²) in [5.41, 5.74) is 2.18. The van der Waals surface area contributed by atoms with Gasteiger partial charge in [0.15, 0.2) is 0 Å². The molecule has 2 aromatic rings. The number of benzene rings is 2. The van der Waals surface area contributed by atoms with Crippen molar-refractivity contribution in [3.8, 4) is 0 Å². The molecule has 5 nitrogen and oxygen atoms in total. The van der Waals surface area contributed by atoms with Gasteiger partial charge in [0.2, 0.25) is 0 Å². The predicted molar refractivity (Wildman–Crippen MR) is 119 cm³/mol. The molecule has 2 fully saturated rings. The summed E-state index contributed by atoms with van der Waals surface area (Å²) in [5.74, 6) is 0.445. The van der Waals surface area contributed by atoms with Crippen LogP contribution in [0.4, 0.5) is 14.9 Å². The zero-order valence-electron chi connectivity index (χ0n) is 16.7. The number of aryl methyl sites for hydroxylation is 1. The van der Waals surface area contributed by atoms with E-state index in [0.717, 1.165) is 23.4 Å². The van der Waals surface area contributed by atoms with Crippen molar-refractivity contribution in [2.75, 3.05) is 30.7 Å². The van der Waals surface area contributed by atoms with Gasteiger partial charge in [-0.2, -0.15) is 0 Å². The van der Waals surface area contributed by atoms with E-state index in [-0.39, 0.29) is 21.8 Å². The summed E-state index contributed by atoms with van der Waals surface area (Å²) in [6.45, 7) is 3.77. The van der Waals surface area contributed by atoms with Crippen LogP contribution in [0.3, 0.4) is 0 Å². The molecule has 2 aliphatic heterocycles. The third kappa shape index (κ3) is 4.01. The molecule has 0 unspecified atom stereocenters. The molecule has 0 atom stereocenters. The molecular weight excluding hydrogens is 425 g/mol. The van der Waals surface area contributed by atoms with E-state index in [0.29, 0.717) is 31.6 Å². The van der Waals surface area contributed by atoms with Crippen LogP contribution in [0.15, 0.2) is 42.5 Å². The highest BCUT2D eigenvalue weighted by atomic mass is 35.5. The van der Waals surface area contributed by atoms with E-state index >= 15 is 0 Å². The molecule has 30 heavy (non-hydrogen) atoms. The second-order valence-electron chi connectivity index (χ2n) is 7.61. The minimum absolute atomic E-state index is 0.0295. The molecule has 1 N–H and O–H groups in total. The zero-order valence-corrected chi connectivity index (χ0v) is 18.2. The molecule has 1 spiro atoms. The Bertz CT molecular complexity index is 979. The van der Waals surface area contributed by atoms with Crippen LogP contribution in [0.2, 0.25) is 5.02 Å². The maximum absolute atomic E-state index is 13.3. The van der Waals surface area contributed by atoms with Gasteiger partial charge in [-0.3, -0.25) is 4.79 Å². The van der Waals surface area contributed by atoms with Crippen molar-refractivity contribution in [1.29, 1.82) is 0 Å². The molecule has 158 valence electrons. The molecule has 3 amide bonds. The Morgan fingerprint density at radius 3 is 2.57 bits per heavy atom. The first-order valence-electron chi connectivity index (χ1n) is 9.92. The van der Waals surface area contributed by atoms with Gasteiger partial charge in [0.1, 0.15) is 5.82 Å². The summed E-state index contributed by atoms with van der Waals surface area (Å²) >= 11 is 7.60. The Hall–Kier alpha value is -2.25. The molecule has 2 aliphatic rings. The number of nitrogens with one attached hydrogen (secondary N) is 1. The highest BCUT2D eigenvalue weighted by molar-refractivity contribution is 8.00. The van der Waals surface area contributed by atoms with Crippen LogP contribution in [0, 0.1) is 12.7 Å². The van der Waals surface area contributed by atoms with E-state index in [1.807, 2.05) is 47.9 Å². The van der Waals surface area contributed by atoms with E-state index in [2.05, 4.69) is 5.32 Å². The van der Waals surface area contributed by atoms with Gasteiger partial charge in [-0.25, -0.2) is 9.18 Å². The number of piperidine rings is 1. The standard InChI is InChI=1S/C22H23ClFN3O2S/c1-15-4-2-3-5-17(15)20(28)27-12-13-30-22(27)8-10-26(11-9-22)21(29)25-16-6-7-19(24)18(23)14-16/h2-7,14H,8-13H2,1H3,(H,25,29). The molecule has 0 radical (unpaired) electrons. The number of carbonyl (C=O) groups is 2. The third-order valence-electron chi connectivity index (χ3n) is 5.80. The molecule has 0 aliphatic carbocycles. The van der Waals surface area contributed by atoms with Gasteiger partial charge in [0, 0.05) is 36.6 Å². The van der Waals surface area contributed by atoms with Crippen LogP contribution in [-0.4, -0.2) is 52.0 Å². The lowest BCUT2D eigenvalue weighted by Gasteiger charge is -2.44. The Kier molecular flexibility index (Phi) is 5.93. The van der Waals surface area contributed by atoms with Gasteiger partial charge in [0.05, 0.1) is 9.89 Å². The van der Waals surface area contributed by atoms with E-state index in [4.69, 9.17) is 11.6 Å². The second-order valence-corrected chi connectivity index (χ2v) is 9.48. The quantitative estimate of drug-likeness (QED) is 0.704. The van der Waals surface area contributed by atoms with Crippen LogP contribution in [-0.2, 0) is 0 Å². The third-order valence-corrected chi connectivity index (χ3v) is 7.64. The largest absolute Gasteiger partial charge is 0.324 e. The number of nitrogens with zero attached hydrogens (tertiary/aromatic N) is 2. The summed E-state index contributed by atoms with van der Waals surface area (Å²) in [6, 6.07) is 11.5. The SMILES string of the molecule is Cc1ccccc1C(=O)N1CCSC12CCN(C(=O)Nc1ccc(F)c(Cl)c1)CC2. The summed E-state index contributed by atoms with van der Waals surface area (Å²) in [4.78, 5) is 29.3. The zero-order chi connectivity index (χ0) is 21.3. The van der Waals surface area contributed by atoms with Crippen LogP contribution in [0.1, 0.15) is 28.8 Å². The average Bonchev–Trinajstić information content (AvgIpc) is 3.14. The summed E-state index contributed by atoms with van der Waals surface area (Å²) in [7, 11) is 0. The Morgan fingerprint density at radius 1 is 1.13 bits per heavy atom. The van der Waals surface area contributed by atoms with Gasteiger partial charge < -0.3 is 15.1 Å². The average molecular weight is 448 g/mol. The summed E-state index contributed by atoms with van der Waals surface area (Å²) in [5, 5.41) is 2.74. The Balaban J connectivity index is 1.42. The number of rotatable bonds is 2. The van der Waals surface area contributed by atoms with Crippen molar-refractivity contribution in [2.45, 2.75) is 24.6 Å². The lowest BCUT2D eigenvalue weighted by Crippen LogP contribution is -2.54. The normalized spacial score (nSPS) is 18.0. The minimum Gasteiger partial charge on any atom is -0.324 e. The van der Waals surface area contributed by atoms with Gasteiger partial charge in [-0.15, -0.1) is 11.8 Å². The number of carbonyl (C=O) groups excluding carboxylic acids is 2. The highest BCUT2D eigenvalue weighted by Crippen LogP contribution is 2.44. The van der Waals surface area contributed by atoms with Crippen LogP contribution in [0.25, 0.3) is 0 Å². The Labute approximate surface area is 184 Å². The molecular formula is C22H23ClFN3O2S. The fourth-order valence-corrected chi connectivity index (χ4v) is 5.74. The number of urea groups is 1. The number of likely N-dealkylation sites (tertiary alicyclic amines) is 1. The van der Waals surface area contributed by atoms with Crippen molar-refractivity contribution >= 4 is 41.0 Å². The van der Waals surface area contributed by atoms with Crippen LogP contribution < -0.4 is 5.32 Å². The maximum Gasteiger partial charge on any atom is 0.321 e. The highest BCUT2D eigenvalue weighted by Gasteiger charge is 2.47. The lowest BCUT2D eigenvalue weighted by atomic mass is 10.00. The fourth-order valence-electron chi connectivity index (χ4n) is 4.10. The number of amides is 3. The number of anilines is 1. The van der Waals surface area contributed by atoms with Gasteiger partial charge >= 0.3 is 6.03 Å². The van der Waals surface area contributed by atoms with Crippen molar-refractivity contribution in [3.63, 3.8) is 0 Å². The topological polar surface area (TPSA) is 52.7 Å². The predicted octanol–water partition coefficient (Wildman–Crippen LogP) is 5.00. The van der Waals surface area contributed by atoms with Crippen molar-refractivity contribution in [2.24, 2.45) is 0 Å². The molecule has 2 saturated heterocycles. The molecule has 8 heteroatoms. The van der Waals surface area contributed by atoms with Crippen molar-refractivity contribution < 1.29 is 14.0 Å². The number of thioether (sulfide) groups is 1. The second kappa shape index (κ2) is 8.47. The Morgan fingerprint density at radius 2 is 1.87 bits per heavy atom. The maximum atomic E-state index is 13.3. The first kappa shape index (κ1) is 21.0. The first-order chi connectivity index (χ1) is 14.4. The van der Waals surface area contributed by atoms with E-state index in [1.165, 1.54) is 18.2 Å². The number of hydrogen-bond donors (Lipinski definition) is 1. The molecule has 2 aromatic carbocycles. The molecule has 0 bridgehead atoms. The summed E-state index contributed by atoms with van der Waals surface area (Å²) < 4.78 is 13.3. The van der Waals surface area contributed by atoms with Crippen molar-refractivity contribution in [3.05, 3.63) is 64.4 Å². The summed E-state index contributed by atoms with van der Waals surface area (Å²) in [6.07, 6.45) is 1.43. The van der Waals surface area contributed by atoms with Crippen molar-refractivity contribution in [1.82, 2.24) is 9.80 Å². The minimum atomic E-state index is -0.522. The van der Waals surface area contributed by atoms with E-state index in [9.17, 15) is 14.0 Å². The van der Waals surface area contributed by atoms with Crippen LogP contribution >= 0.6 is 23.4 Å². The smallest absolute Gasteiger partial charge is 0.321 e. The monoisotopic (exact) mass is 447 g/mol.